The van der Waals surface area contributed by atoms with E-state index in [-0.39, 0.29) is 12.1 Å². The second-order valence-electron chi connectivity index (χ2n) is 5.88. The van der Waals surface area contributed by atoms with Gasteiger partial charge in [-0.05, 0) is 42.7 Å². The van der Waals surface area contributed by atoms with E-state index in [4.69, 9.17) is 16.3 Å². The molecule has 0 aromatic heterocycles. The minimum Gasteiger partial charge on any atom is -0.376 e. The average molecular weight is 377 g/mol. The molecular weight excluding hydrogens is 356 g/mol. The van der Waals surface area contributed by atoms with Crippen LogP contribution in [0.25, 0.3) is 0 Å². The van der Waals surface area contributed by atoms with Gasteiger partial charge in [0.1, 0.15) is 0 Å². The first kappa shape index (κ1) is 18.1. The Morgan fingerprint density at radius 3 is 2.92 bits per heavy atom. The van der Waals surface area contributed by atoms with Gasteiger partial charge >= 0.3 is 6.03 Å². The van der Waals surface area contributed by atoms with Crippen LogP contribution in [-0.4, -0.2) is 25.3 Å². The van der Waals surface area contributed by atoms with Crippen LogP contribution in [0.2, 0.25) is 5.02 Å². The maximum atomic E-state index is 12.1. The van der Waals surface area contributed by atoms with Crippen LogP contribution >= 0.6 is 23.4 Å². The van der Waals surface area contributed by atoms with E-state index in [0.29, 0.717) is 6.54 Å². The Balaban J connectivity index is 1.55. The second kappa shape index (κ2) is 9.13. The number of hydrogen-bond donors (Lipinski definition) is 2. The Bertz CT molecular complexity index is 720. The standard InChI is InChI=1S/C19H21ClN2O2S/c20-15-6-3-5-14(11-15)13-25-18-9-2-1-8-17(18)22-19(23)21-12-16-7-4-10-24-16/h1-3,5-6,8-9,11,16H,4,7,10,12-13H2,(H2,21,22,23)/t16-/m0/s1. The molecule has 1 saturated heterocycles. The molecule has 0 saturated carbocycles. The topological polar surface area (TPSA) is 50.4 Å². The number of rotatable bonds is 6. The van der Waals surface area contributed by atoms with Gasteiger partial charge in [0.05, 0.1) is 11.8 Å². The van der Waals surface area contributed by atoms with Gasteiger partial charge in [-0.1, -0.05) is 35.9 Å². The molecule has 0 unspecified atom stereocenters. The quantitative estimate of drug-likeness (QED) is 0.702. The van der Waals surface area contributed by atoms with Crippen molar-refractivity contribution < 1.29 is 9.53 Å². The summed E-state index contributed by atoms with van der Waals surface area (Å²) in [7, 11) is 0. The molecule has 2 amide bonds. The minimum atomic E-state index is -0.202. The fraction of sp³-hybridized carbons (Fsp3) is 0.316. The third kappa shape index (κ3) is 5.66. The van der Waals surface area contributed by atoms with Crippen molar-refractivity contribution in [3.05, 3.63) is 59.1 Å². The van der Waals surface area contributed by atoms with E-state index >= 15 is 0 Å². The molecule has 6 heteroatoms. The molecule has 4 nitrogen and oxygen atoms in total. The highest BCUT2D eigenvalue weighted by Gasteiger charge is 2.16. The van der Waals surface area contributed by atoms with Crippen molar-refractivity contribution in [2.75, 3.05) is 18.5 Å². The largest absolute Gasteiger partial charge is 0.376 e. The maximum Gasteiger partial charge on any atom is 0.319 e. The van der Waals surface area contributed by atoms with Gasteiger partial charge in [-0.25, -0.2) is 4.79 Å². The summed E-state index contributed by atoms with van der Waals surface area (Å²) in [5.74, 6) is 0.788. The molecule has 2 N–H and O–H groups in total. The predicted octanol–water partition coefficient (Wildman–Crippen LogP) is 4.93. The summed E-state index contributed by atoms with van der Waals surface area (Å²) in [6.45, 7) is 1.33. The van der Waals surface area contributed by atoms with E-state index in [1.807, 2.05) is 48.5 Å². The molecule has 1 fully saturated rings. The molecule has 0 aliphatic carbocycles. The lowest BCUT2D eigenvalue weighted by Gasteiger charge is -2.14. The van der Waals surface area contributed by atoms with Crippen molar-refractivity contribution in [2.45, 2.75) is 29.6 Å². The SMILES string of the molecule is O=C(NC[C@@H]1CCCO1)Nc1ccccc1SCc1cccc(Cl)c1. The molecule has 0 bridgehead atoms. The van der Waals surface area contributed by atoms with E-state index in [2.05, 4.69) is 10.6 Å². The first-order valence-corrected chi connectivity index (χ1v) is 9.70. The van der Waals surface area contributed by atoms with E-state index < -0.39 is 0 Å². The Morgan fingerprint density at radius 2 is 2.12 bits per heavy atom. The Kier molecular flexibility index (Phi) is 6.62. The van der Waals surface area contributed by atoms with Crippen molar-refractivity contribution in [3.8, 4) is 0 Å². The zero-order valence-electron chi connectivity index (χ0n) is 13.8. The number of urea groups is 1. The maximum absolute atomic E-state index is 12.1. The number of nitrogens with one attached hydrogen (secondary N) is 2. The zero-order chi connectivity index (χ0) is 17.5. The number of benzene rings is 2. The van der Waals surface area contributed by atoms with Gasteiger partial charge in [-0.2, -0.15) is 0 Å². The van der Waals surface area contributed by atoms with Gasteiger partial charge < -0.3 is 15.4 Å². The molecule has 0 radical (unpaired) electrons. The van der Waals surface area contributed by atoms with Crippen LogP contribution in [0.4, 0.5) is 10.5 Å². The summed E-state index contributed by atoms with van der Waals surface area (Å²) in [4.78, 5) is 13.2. The average Bonchev–Trinajstić information content (AvgIpc) is 3.13. The monoisotopic (exact) mass is 376 g/mol. The van der Waals surface area contributed by atoms with Crippen LogP contribution in [0.15, 0.2) is 53.4 Å². The highest BCUT2D eigenvalue weighted by Crippen LogP contribution is 2.30. The minimum absolute atomic E-state index is 0.137. The van der Waals surface area contributed by atoms with Crippen LogP contribution in [-0.2, 0) is 10.5 Å². The van der Waals surface area contributed by atoms with Crippen molar-refractivity contribution in [1.29, 1.82) is 0 Å². The number of halogens is 1. The summed E-state index contributed by atoms with van der Waals surface area (Å²) >= 11 is 7.70. The summed E-state index contributed by atoms with van der Waals surface area (Å²) in [6, 6.07) is 15.4. The van der Waals surface area contributed by atoms with Crippen LogP contribution in [0.5, 0.6) is 0 Å². The van der Waals surface area contributed by atoms with E-state index in [9.17, 15) is 4.79 Å². The lowest BCUT2D eigenvalue weighted by molar-refractivity contribution is 0.112. The number of carbonyl (C=O) groups excluding carboxylic acids is 1. The number of hydrogen-bond acceptors (Lipinski definition) is 3. The molecule has 1 aliphatic rings. The molecule has 132 valence electrons. The van der Waals surface area contributed by atoms with Gasteiger partial charge in [-0.3, -0.25) is 0 Å². The number of amides is 2. The van der Waals surface area contributed by atoms with Gasteiger partial charge in [-0.15, -0.1) is 11.8 Å². The molecule has 25 heavy (non-hydrogen) atoms. The molecule has 1 aliphatic heterocycles. The first-order chi connectivity index (χ1) is 12.2. The highest BCUT2D eigenvalue weighted by molar-refractivity contribution is 7.98. The molecule has 2 aromatic carbocycles. The van der Waals surface area contributed by atoms with Crippen LogP contribution in [0.1, 0.15) is 18.4 Å². The van der Waals surface area contributed by atoms with E-state index in [1.165, 1.54) is 0 Å². The number of thioether (sulfide) groups is 1. The van der Waals surface area contributed by atoms with Crippen molar-refractivity contribution in [3.63, 3.8) is 0 Å². The van der Waals surface area contributed by atoms with Crippen LogP contribution in [0.3, 0.4) is 0 Å². The first-order valence-electron chi connectivity index (χ1n) is 8.33. The van der Waals surface area contributed by atoms with Gasteiger partial charge in [0.2, 0.25) is 0 Å². The molecule has 1 atom stereocenters. The highest BCUT2D eigenvalue weighted by atomic mass is 35.5. The molecule has 2 aromatic rings. The Morgan fingerprint density at radius 1 is 1.24 bits per heavy atom. The van der Waals surface area contributed by atoms with Crippen molar-refractivity contribution in [1.82, 2.24) is 5.32 Å². The Labute approximate surface area is 157 Å². The molecule has 0 spiro atoms. The molecule has 3 rings (SSSR count). The lowest BCUT2D eigenvalue weighted by atomic mass is 10.2. The van der Waals surface area contributed by atoms with Crippen molar-refractivity contribution in [2.24, 2.45) is 0 Å². The summed E-state index contributed by atoms with van der Waals surface area (Å²) < 4.78 is 5.52. The van der Waals surface area contributed by atoms with Crippen LogP contribution in [0, 0.1) is 0 Å². The third-order valence-corrected chi connectivity index (χ3v) is 5.31. The number of para-hydroxylation sites is 1. The summed E-state index contributed by atoms with van der Waals surface area (Å²) in [5.41, 5.74) is 1.95. The normalized spacial score (nSPS) is 16.6. The second-order valence-corrected chi connectivity index (χ2v) is 7.34. The Hall–Kier alpha value is -1.69. The number of ether oxygens (including phenoxy) is 1. The summed E-state index contributed by atoms with van der Waals surface area (Å²) in [5, 5.41) is 6.54. The number of carbonyl (C=O) groups is 1. The zero-order valence-corrected chi connectivity index (χ0v) is 15.4. The van der Waals surface area contributed by atoms with Crippen LogP contribution < -0.4 is 10.6 Å². The van der Waals surface area contributed by atoms with Gasteiger partial charge in [0.25, 0.3) is 0 Å². The third-order valence-electron chi connectivity index (χ3n) is 3.93. The fourth-order valence-electron chi connectivity index (χ4n) is 2.66. The number of anilines is 1. The molecule has 1 heterocycles. The summed E-state index contributed by atoms with van der Waals surface area (Å²) in [6.07, 6.45) is 2.21. The predicted molar refractivity (Wildman–Crippen MR) is 103 cm³/mol. The smallest absolute Gasteiger partial charge is 0.319 e. The van der Waals surface area contributed by atoms with Crippen molar-refractivity contribution >= 4 is 35.1 Å². The van der Waals surface area contributed by atoms with Gasteiger partial charge in [0, 0.05) is 28.8 Å². The van der Waals surface area contributed by atoms with Gasteiger partial charge in [0.15, 0.2) is 0 Å². The fourth-order valence-corrected chi connectivity index (χ4v) is 3.83. The molecular formula is C19H21ClN2O2S. The lowest BCUT2D eigenvalue weighted by Crippen LogP contribution is -2.35. The van der Waals surface area contributed by atoms with E-state index in [0.717, 1.165) is 46.4 Å². The van der Waals surface area contributed by atoms with E-state index in [1.54, 1.807) is 11.8 Å².